The molecule has 0 bridgehead atoms. The highest BCUT2D eigenvalue weighted by atomic mass is 16.5. The number of nitrogen functional groups attached to an aromatic ring is 1. The van der Waals surface area contributed by atoms with Gasteiger partial charge in [0, 0.05) is 18.6 Å². The lowest BCUT2D eigenvalue weighted by Crippen LogP contribution is -2.57. The third-order valence-corrected chi connectivity index (χ3v) is 3.67. The first-order valence-electron chi connectivity index (χ1n) is 6.41. The van der Waals surface area contributed by atoms with Gasteiger partial charge in [0.1, 0.15) is 0 Å². The molecule has 2 rings (SSSR count). The Morgan fingerprint density at radius 3 is 2.68 bits per heavy atom. The Morgan fingerprint density at radius 2 is 2.11 bits per heavy atom. The predicted molar refractivity (Wildman–Crippen MR) is 72.0 cm³/mol. The number of nitrogens with zero attached hydrogens (tertiary/aromatic N) is 3. The lowest BCUT2D eigenvalue weighted by molar-refractivity contribution is -0.0796. The van der Waals surface area contributed by atoms with Gasteiger partial charge in [0.25, 0.3) is 0 Å². The first-order chi connectivity index (χ1) is 8.97. The van der Waals surface area contributed by atoms with Gasteiger partial charge in [0.15, 0.2) is 0 Å². The van der Waals surface area contributed by atoms with Gasteiger partial charge in [-0.3, -0.25) is 0 Å². The lowest BCUT2D eigenvalue weighted by Gasteiger charge is -2.51. The van der Waals surface area contributed by atoms with E-state index < -0.39 is 0 Å². The minimum absolute atomic E-state index is 0.0297. The molecule has 7 nitrogen and oxygen atoms in total. The predicted octanol–water partition coefficient (Wildman–Crippen LogP) is 1.08. The molecule has 1 fully saturated rings. The van der Waals surface area contributed by atoms with Gasteiger partial charge in [-0.25, -0.2) is 0 Å². The fourth-order valence-corrected chi connectivity index (χ4v) is 2.32. The molecule has 0 saturated heterocycles. The number of rotatable bonds is 5. The van der Waals surface area contributed by atoms with Crippen molar-refractivity contribution in [3.63, 3.8) is 0 Å². The Labute approximate surface area is 112 Å². The highest BCUT2D eigenvalue weighted by molar-refractivity contribution is 5.35. The van der Waals surface area contributed by atoms with Gasteiger partial charge in [-0.1, -0.05) is 13.8 Å². The number of ether oxygens (including phenoxy) is 2. The van der Waals surface area contributed by atoms with Gasteiger partial charge in [0.2, 0.25) is 11.9 Å². The Hall–Kier alpha value is -1.63. The molecular weight excluding hydrogens is 246 g/mol. The van der Waals surface area contributed by atoms with Crippen LogP contribution in [0.1, 0.15) is 27.2 Å². The summed E-state index contributed by atoms with van der Waals surface area (Å²) in [5.41, 5.74) is 5.67. The van der Waals surface area contributed by atoms with E-state index in [1.165, 1.54) is 0 Å². The van der Waals surface area contributed by atoms with E-state index in [-0.39, 0.29) is 29.5 Å². The average Bonchev–Trinajstić information content (AvgIpc) is 2.33. The molecule has 0 radical (unpaired) electrons. The van der Waals surface area contributed by atoms with E-state index in [4.69, 9.17) is 15.2 Å². The Bertz CT molecular complexity index is 452. The number of nitrogens with two attached hydrogens (primary N) is 1. The average molecular weight is 267 g/mol. The highest BCUT2D eigenvalue weighted by Gasteiger charge is 2.48. The maximum Gasteiger partial charge on any atom is 0.323 e. The zero-order chi connectivity index (χ0) is 14.0. The number of hydrogen-bond donors (Lipinski definition) is 2. The second-order valence-corrected chi connectivity index (χ2v) is 5.21. The number of hydrogen-bond acceptors (Lipinski definition) is 7. The summed E-state index contributed by atoms with van der Waals surface area (Å²) in [5, 5.41) is 3.27. The molecule has 1 aromatic heterocycles. The van der Waals surface area contributed by atoms with Crippen LogP contribution >= 0.6 is 0 Å². The van der Waals surface area contributed by atoms with Gasteiger partial charge in [-0.15, -0.1) is 0 Å². The molecule has 1 saturated carbocycles. The molecule has 0 aliphatic heterocycles. The van der Waals surface area contributed by atoms with Crippen LogP contribution < -0.4 is 15.8 Å². The minimum Gasteiger partial charge on any atom is -0.464 e. The Kier molecular flexibility index (Phi) is 3.75. The maximum atomic E-state index is 5.64. The molecule has 1 aliphatic carbocycles. The van der Waals surface area contributed by atoms with Crippen molar-refractivity contribution in [2.24, 2.45) is 5.41 Å². The van der Waals surface area contributed by atoms with Crippen LogP contribution in [0.25, 0.3) is 0 Å². The SMILES string of the molecule is CCOc1nc(N)nc(NC2CC(OC)C2(C)C)n1. The maximum absolute atomic E-state index is 5.64. The molecule has 1 aliphatic rings. The zero-order valence-corrected chi connectivity index (χ0v) is 11.8. The monoisotopic (exact) mass is 267 g/mol. The highest BCUT2D eigenvalue weighted by Crippen LogP contribution is 2.43. The topological polar surface area (TPSA) is 95.2 Å². The van der Waals surface area contributed by atoms with E-state index >= 15 is 0 Å². The molecular formula is C12H21N5O2. The third kappa shape index (κ3) is 2.70. The molecule has 7 heteroatoms. The number of anilines is 2. The molecule has 2 atom stereocenters. The summed E-state index contributed by atoms with van der Waals surface area (Å²) >= 11 is 0. The molecule has 0 aromatic carbocycles. The lowest BCUT2D eigenvalue weighted by atomic mass is 9.64. The Balaban J connectivity index is 2.08. The number of methoxy groups -OCH3 is 1. The molecule has 0 spiro atoms. The van der Waals surface area contributed by atoms with Gasteiger partial charge < -0.3 is 20.5 Å². The van der Waals surface area contributed by atoms with Crippen molar-refractivity contribution in [3.05, 3.63) is 0 Å². The summed E-state index contributed by atoms with van der Waals surface area (Å²) < 4.78 is 10.7. The first-order valence-corrected chi connectivity index (χ1v) is 6.41. The van der Waals surface area contributed by atoms with Gasteiger partial charge >= 0.3 is 6.01 Å². The summed E-state index contributed by atoms with van der Waals surface area (Å²) in [4.78, 5) is 12.2. The molecule has 1 heterocycles. The molecule has 3 N–H and O–H groups in total. The molecule has 19 heavy (non-hydrogen) atoms. The van der Waals surface area contributed by atoms with Crippen LogP contribution in [0, 0.1) is 5.41 Å². The van der Waals surface area contributed by atoms with Crippen molar-refractivity contribution in [1.29, 1.82) is 0 Å². The quantitative estimate of drug-likeness (QED) is 0.824. The van der Waals surface area contributed by atoms with E-state index in [9.17, 15) is 0 Å². The molecule has 106 valence electrons. The summed E-state index contributed by atoms with van der Waals surface area (Å²) in [5.74, 6) is 0.602. The van der Waals surface area contributed by atoms with E-state index in [0.29, 0.717) is 12.6 Å². The van der Waals surface area contributed by atoms with Crippen LogP contribution in [0.2, 0.25) is 0 Å². The van der Waals surface area contributed by atoms with E-state index in [2.05, 4.69) is 34.1 Å². The van der Waals surface area contributed by atoms with Gasteiger partial charge in [0.05, 0.1) is 12.7 Å². The smallest absolute Gasteiger partial charge is 0.323 e. The summed E-state index contributed by atoms with van der Waals surface area (Å²) in [6, 6.07) is 0.492. The van der Waals surface area contributed by atoms with Crippen molar-refractivity contribution in [1.82, 2.24) is 15.0 Å². The van der Waals surface area contributed by atoms with Gasteiger partial charge in [-0.05, 0) is 13.3 Å². The summed E-state index contributed by atoms with van der Waals surface area (Å²) in [6.07, 6.45) is 1.16. The van der Waals surface area contributed by atoms with Crippen LogP contribution in [-0.4, -0.2) is 40.8 Å². The zero-order valence-electron chi connectivity index (χ0n) is 11.8. The molecule has 0 amide bonds. The van der Waals surface area contributed by atoms with Crippen LogP contribution in [0.15, 0.2) is 0 Å². The molecule has 2 unspecified atom stereocenters. The van der Waals surface area contributed by atoms with E-state index in [0.717, 1.165) is 6.42 Å². The van der Waals surface area contributed by atoms with Crippen molar-refractivity contribution in [3.8, 4) is 6.01 Å². The first kappa shape index (κ1) is 13.8. The van der Waals surface area contributed by atoms with Gasteiger partial charge in [-0.2, -0.15) is 15.0 Å². The van der Waals surface area contributed by atoms with Crippen LogP contribution in [-0.2, 0) is 4.74 Å². The standard InChI is InChI=1S/C12H21N5O2/c1-5-19-11-16-9(13)15-10(17-11)14-7-6-8(18-4)12(7,2)3/h7-8H,5-6H2,1-4H3,(H3,13,14,15,16,17). The minimum atomic E-state index is 0.0297. The van der Waals surface area contributed by atoms with Crippen molar-refractivity contribution in [2.75, 3.05) is 24.8 Å². The fourth-order valence-electron chi connectivity index (χ4n) is 2.32. The summed E-state index contributed by atoms with van der Waals surface area (Å²) in [7, 11) is 1.73. The van der Waals surface area contributed by atoms with Crippen molar-refractivity contribution in [2.45, 2.75) is 39.3 Å². The molecule has 1 aromatic rings. The van der Waals surface area contributed by atoms with Crippen molar-refractivity contribution < 1.29 is 9.47 Å². The van der Waals surface area contributed by atoms with Crippen LogP contribution in [0.5, 0.6) is 6.01 Å². The fraction of sp³-hybridized carbons (Fsp3) is 0.750. The van der Waals surface area contributed by atoms with E-state index in [1.807, 2.05) is 6.92 Å². The largest absolute Gasteiger partial charge is 0.464 e. The van der Waals surface area contributed by atoms with Crippen LogP contribution in [0.3, 0.4) is 0 Å². The van der Waals surface area contributed by atoms with Crippen LogP contribution in [0.4, 0.5) is 11.9 Å². The van der Waals surface area contributed by atoms with Crippen molar-refractivity contribution >= 4 is 11.9 Å². The second-order valence-electron chi connectivity index (χ2n) is 5.21. The normalized spacial score (nSPS) is 24.6. The number of nitrogens with one attached hydrogen (secondary N) is 1. The second kappa shape index (κ2) is 5.16. The summed E-state index contributed by atoms with van der Waals surface area (Å²) in [6.45, 7) is 6.65. The Morgan fingerprint density at radius 1 is 1.37 bits per heavy atom. The van der Waals surface area contributed by atoms with E-state index in [1.54, 1.807) is 7.11 Å². The number of aromatic nitrogens is 3. The third-order valence-electron chi connectivity index (χ3n) is 3.67.